The molecule has 2 rings (SSSR count). The predicted molar refractivity (Wildman–Crippen MR) is 87.0 cm³/mol. The van der Waals surface area contributed by atoms with Crippen LogP contribution in [0.15, 0.2) is 42.6 Å². The van der Waals surface area contributed by atoms with Crippen LogP contribution in [-0.2, 0) is 10.0 Å². The minimum atomic E-state index is -3.30. The zero-order chi connectivity index (χ0) is 16.2. The first kappa shape index (κ1) is 16.0. The molecule has 2 aromatic rings. The second-order valence-corrected chi connectivity index (χ2v) is 6.71. The topological polar surface area (TPSA) is 88.2 Å². The van der Waals surface area contributed by atoms with Crippen molar-refractivity contribution in [2.45, 2.75) is 13.8 Å². The molecule has 1 aromatic carbocycles. The fourth-order valence-electron chi connectivity index (χ4n) is 1.72. The van der Waals surface area contributed by atoms with E-state index in [0.29, 0.717) is 17.1 Å². The number of pyridine rings is 1. The summed E-state index contributed by atoms with van der Waals surface area (Å²) in [4.78, 5) is 15.3. The van der Waals surface area contributed by atoms with Gasteiger partial charge in [-0.25, -0.2) is 13.4 Å². The van der Waals surface area contributed by atoms with E-state index in [4.69, 9.17) is 0 Å². The van der Waals surface area contributed by atoms with Crippen molar-refractivity contribution in [1.82, 2.24) is 4.98 Å². The van der Waals surface area contributed by atoms with Crippen LogP contribution in [0.1, 0.15) is 24.2 Å². The Hall–Kier alpha value is -2.41. The minimum absolute atomic E-state index is 0.00942. The lowest BCUT2D eigenvalue weighted by molar-refractivity contribution is 0.101. The Morgan fingerprint density at radius 3 is 2.23 bits per heavy atom. The quantitative estimate of drug-likeness (QED) is 0.799. The zero-order valence-electron chi connectivity index (χ0n) is 12.3. The first-order valence-corrected chi connectivity index (χ1v) is 8.39. The third kappa shape index (κ3) is 4.29. The molecule has 0 saturated carbocycles. The molecule has 6 nitrogen and oxygen atoms in total. The summed E-state index contributed by atoms with van der Waals surface area (Å²) in [5.74, 6) is 0.599. The highest BCUT2D eigenvalue weighted by atomic mass is 32.2. The summed E-state index contributed by atoms with van der Waals surface area (Å²) in [5, 5.41) is 3.07. The van der Waals surface area contributed by atoms with Crippen LogP contribution in [0.4, 0.5) is 17.2 Å². The number of nitrogens with one attached hydrogen (secondary N) is 2. The number of sulfonamides is 1. The Morgan fingerprint density at radius 2 is 1.73 bits per heavy atom. The maximum atomic E-state index is 11.4. The number of ketones is 1. The van der Waals surface area contributed by atoms with E-state index < -0.39 is 10.0 Å². The molecule has 7 heteroatoms. The van der Waals surface area contributed by atoms with Gasteiger partial charge in [0.25, 0.3) is 0 Å². The van der Waals surface area contributed by atoms with Crippen LogP contribution >= 0.6 is 0 Å². The molecule has 0 amide bonds. The Labute approximate surface area is 129 Å². The van der Waals surface area contributed by atoms with Crippen LogP contribution < -0.4 is 10.0 Å². The third-order valence-corrected chi connectivity index (χ3v) is 4.29. The second-order valence-electron chi connectivity index (χ2n) is 4.70. The summed E-state index contributed by atoms with van der Waals surface area (Å²) in [7, 11) is -3.30. The monoisotopic (exact) mass is 319 g/mol. The minimum Gasteiger partial charge on any atom is -0.340 e. The van der Waals surface area contributed by atoms with Crippen molar-refractivity contribution in [3.05, 3.63) is 48.2 Å². The molecule has 0 spiro atoms. The summed E-state index contributed by atoms with van der Waals surface area (Å²) >= 11 is 0. The van der Waals surface area contributed by atoms with Crippen molar-refractivity contribution in [3.63, 3.8) is 0 Å². The number of nitrogens with zero attached hydrogens (tertiary/aromatic N) is 1. The van der Waals surface area contributed by atoms with Crippen LogP contribution in [0, 0.1) is 0 Å². The molecular weight excluding hydrogens is 302 g/mol. The average Bonchev–Trinajstić information content (AvgIpc) is 2.49. The van der Waals surface area contributed by atoms with Crippen molar-refractivity contribution in [2.24, 2.45) is 0 Å². The number of carbonyl (C=O) groups is 1. The van der Waals surface area contributed by atoms with Crippen LogP contribution in [0.25, 0.3) is 0 Å². The van der Waals surface area contributed by atoms with Crippen LogP contribution in [-0.4, -0.2) is 24.9 Å². The number of rotatable bonds is 6. The van der Waals surface area contributed by atoms with Crippen molar-refractivity contribution < 1.29 is 13.2 Å². The van der Waals surface area contributed by atoms with E-state index in [2.05, 4.69) is 15.0 Å². The van der Waals surface area contributed by atoms with E-state index in [1.54, 1.807) is 43.3 Å². The zero-order valence-corrected chi connectivity index (χ0v) is 13.1. The van der Waals surface area contributed by atoms with E-state index in [0.717, 1.165) is 5.69 Å². The number of Topliss-reactive ketones (excluding diaryl/α,β-unsaturated/α-hetero) is 1. The molecule has 22 heavy (non-hydrogen) atoms. The summed E-state index contributed by atoms with van der Waals surface area (Å²) in [6.07, 6.45) is 1.44. The van der Waals surface area contributed by atoms with Gasteiger partial charge in [0.2, 0.25) is 10.0 Å². The Bertz CT molecular complexity index is 754. The first-order chi connectivity index (χ1) is 10.4. The molecule has 1 heterocycles. The molecular formula is C15H17N3O3S. The van der Waals surface area contributed by atoms with Crippen molar-refractivity contribution in [2.75, 3.05) is 15.8 Å². The van der Waals surface area contributed by atoms with Gasteiger partial charge >= 0.3 is 0 Å². The van der Waals surface area contributed by atoms with Gasteiger partial charge in [-0.15, -0.1) is 0 Å². The molecule has 0 aliphatic heterocycles. The molecule has 0 saturated heterocycles. The van der Waals surface area contributed by atoms with Gasteiger partial charge in [-0.05, 0) is 50.2 Å². The number of hydrogen-bond acceptors (Lipinski definition) is 5. The van der Waals surface area contributed by atoms with Gasteiger partial charge in [-0.3, -0.25) is 9.52 Å². The Balaban J connectivity index is 2.06. The number of carbonyl (C=O) groups excluding carboxylic acids is 1. The average molecular weight is 319 g/mol. The smallest absolute Gasteiger partial charge is 0.232 e. The number of benzene rings is 1. The highest BCUT2D eigenvalue weighted by Crippen LogP contribution is 2.17. The first-order valence-electron chi connectivity index (χ1n) is 6.74. The van der Waals surface area contributed by atoms with E-state index in [9.17, 15) is 13.2 Å². The molecule has 0 aliphatic carbocycles. The predicted octanol–water partition coefficient (Wildman–Crippen LogP) is 2.79. The highest BCUT2D eigenvalue weighted by molar-refractivity contribution is 7.92. The summed E-state index contributed by atoms with van der Waals surface area (Å²) in [5.41, 5.74) is 1.85. The summed E-state index contributed by atoms with van der Waals surface area (Å²) in [6, 6.07) is 10.3. The molecule has 2 N–H and O–H groups in total. The van der Waals surface area contributed by atoms with Gasteiger partial charge in [0.1, 0.15) is 5.82 Å². The van der Waals surface area contributed by atoms with Gasteiger partial charge in [0, 0.05) is 11.3 Å². The lowest BCUT2D eigenvalue weighted by atomic mass is 10.1. The van der Waals surface area contributed by atoms with Crippen molar-refractivity contribution in [3.8, 4) is 0 Å². The maximum Gasteiger partial charge on any atom is 0.232 e. The normalized spacial score (nSPS) is 11.0. The van der Waals surface area contributed by atoms with E-state index in [1.807, 2.05) is 0 Å². The van der Waals surface area contributed by atoms with Gasteiger partial charge in [-0.2, -0.15) is 0 Å². The molecule has 0 fully saturated rings. The van der Waals surface area contributed by atoms with E-state index >= 15 is 0 Å². The Morgan fingerprint density at radius 1 is 1.09 bits per heavy atom. The van der Waals surface area contributed by atoms with Crippen molar-refractivity contribution >= 4 is 33.0 Å². The molecule has 0 atom stereocenters. The molecule has 0 aliphatic rings. The number of aromatic nitrogens is 1. The highest BCUT2D eigenvalue weighted by Gasteiger charge is 2.07. The third-order valence-electron chi connectivity index (χ3n) is 2.98. The maximum absolute atomic E-state index is 11.4. The van der Waals surface area contributed by atoms with Gasteiger partial charge in [0.15, 0.2) is 5.78 Å². The SMILES string of the molecule is CCS(=O)(=O)Nc1ccc(Nc2ccc(C(C)=O)cc2)nc1. The standard InChI is InChI=1S/C15H17N3O3S/c1-3-22(20,21)18-14-8-9-15(16-10-14)17-13-6-4-12(5-7-13)11(2)19/h4-10,18H,3H2,1-2H3,(H,16,17). The van der Waals surface area contributed by atoms with Crippen LogP contribution in [0.2, 0.25) is 0 Å². The second kappa shape index (κ2) is 6.57. The number of anilines is 3. The van der Waals surface area contributed by atoms with E-state index in [-0.39, 0.29) is 11.5 Å². The number of hydrogen-bond donors (Lipinski definition) is 2. The summed E-state index contributed by atoms with van der Waals surface area (Å²) in [6.45, 7) is 3.08. The fourth-order valence-corrected chi connectivity index (χ4v) is 2.34. The van der Waals surface area contributed by atoms with Gasteiger partial charge < -0.3 is 5.32 Å². The molecule has 0 radical (unpaired) electrons. The Kier molecular flexibility index (Phi) is 4.77. The summed E-state index contributed by atoms with van der Waals surface area (Å²) < 4.78 is 25.3. The van der Waals surface area contributed by atoms with Crippen molar-refractivity contribution in [1.29, 1.82) is 0 Å². The lowest BCUT2D eigenvalue weighted by Crippen LogP contribution is -2.14. The molecule has 0 bridgehead atoms. The van der Waals surface area contributed by atoms with Crippen LogP contribution in [0.3, 0.4) is 0 Å². The fraction of sp³-hybridized carbons (Fsp3) is 0.200. The van der Waals surface area contributed by atoms with Gasteiger partial charge in [0.05, 0.1) is 17.6 Å². The lowest BCUT2D eigenvalue weighted by Gasteiger charge is -2.08. The largest absolute Gasteiger partial charge is 0.340 e. The van der Waals surface area contributed by atoms with Crippen LogP contribution in [0.5, 0.6) is 0 Å². The molecule has 0 unspecified atom stereocenters. The van der Waals surface area contributed by atoms with E-state index in [1.165, 1.54) is 13.1 Å². The molecule has 116 valence electrons. The molecule has 1 aromatic heterocycles. The van der Waals surface area contributed by atoms with Gasteiger partial charge in [-0.1, -0.05) is 0 Å².